The van der Waals surface area contributed by atoms with Crippen molar-refractivity contribution in [2.45, 2.75) is 31.7 Å². The van der Waals surface area contributed by atoms with Crippen LogP contribution < -0.4 is 10.6 Å². The Morgan fingerprint density at radius 1 is 1.00 bits per heavy atom. The van der Waals surface area contributed by atoms with Gasteiger partial charge in [0.2, 0.25) is 0 Å². The van der Waals surface area contributed by atoms with Crippen molar-refractivity contribution < 1.29 is 4.79 Å². The zero-order valence-corrected chi connectivity index (χ0v) is 12.2. The lowest BCUT2D eigenvalue weighted by Gasteiger charge is -2.43. The summed E-state index contributed by atoms with van der Waals surface area (Å²) in [5.74, 6) is 0. The molecule has 1 saturated carbocycles. The van der Waals surface area contributed by atoms with Crippen LogP contribution in [0, 0.1) is 6.92 Å². The molecule has 2 aromatic carbocycles. The van der Waals surface area contributed by atoms with E-state index in [2.05, 4.69) is 22.8 Å². The molecule has 1 aliphatic rings. The highest BCUT2D eigenvalue weighted by molar-refractivity contribution is 5.90. The number of carbonyl (C=O) groups excluding carboxylic acids is 1. The number of carbonyl (C=O) groups is 1. The molecule has 1 aliphatic carbocycles. The molecule has 1 fully saturated rings. The second-order valence-corrected chi connectivity index (χ2v) is 5.70. The number of hydrogen-bond donors (Lipinski definition) is 2. The molecule has 0 spiro atoms. The molecule has 3 nitrogen and oxygen atoms in total. The lowest BCUT2D eigenvalue weighted by molar-refractivity contribution is 0.185. The van der Waals surface area contributed by atoms with Crippen molar-refractivity contribution in [2.75, 3.05) is 5.32 Å². The van der Waals surface area contributed by atoms with Gasteiger partial charge in [-0.25, -0.2) is 4.79 Å². The Labute approximate surface area is 125 Å². The Morgan fingerprint density at radius 2 is 1.67 bits per heavy atom. The van der Waals surface area contributed by atoms with Gasteiger partial charge >= 0.3 is 6.03 Å². The van der Waals surface area contributed by atoms with Gasteiger partial charge in [0.05, 0.1) is 5.54 Å². The molecule has 0 atom stereocenters. The molecule has 3 heteroatoms. The summed E-state index contributed by atoms with van der Waals surface area (Å²) >= 11 is 0. The fourth-order valence-corrected chi connectivity index (χ4v) is 2.86. The van der Waals surface area contributed by atoms with Gasteiger partial charge in [-0.3, -0.25) is 0 Å². The summed E-state index contributed by atoms with van der Waals surface area (Å²) in [6.07, 6.45) is 3.15. The van der Waals surface area contributed by atoms with Crippen molar-refractivity contribution in [3.05, 3.63) is 65.7 Å². The third-order valence-electron chi connectivity index (χ3n) is 4.28. The maximum Gasteiger partial charge on any atom is 0.319 e. The second-order valence-electron chi connectivity index (χ2n) is 5.70. The van der Waals surface area contributed by atoms with Crippen LogP contribution in [0.25, 0.3) is 0 Å². The van der Waals surface area contributed by atoms with Gasteiger partial charge in [-0.05, 0) is 43.4 Å². The second kappa shape index (κ2) is 5.60. The van der Waals surface area contributed by atoms with Crippen molar-refractivity contribution in [2.24, 2.45) is 0 Å². The van der Waals surface area contributed by atoms with Gasteiger partial charge in [0.25, 0.3) is 0 Å². The maximum atomic E-state index is 12.3. The van der Waals surface area contributed by atoms with Crippen molar-refractivity contribution in [3.63, 3.8) is 0 Å². The van der Waals surface area contributed by atoms with Crippen molar-refractivity contribution >= 4 is 11.7 Å². The highest BCUT2D eigenvalue weighted by Crippen LogP contribution is 2.41. The lowest BCUT2D eigenvalue weighted by Crippen LogP contribution is -2.52. The van der Waals surface area contributed by atoms with Gasteiger partial charge in [0.1, 0.15) is 0 Å². The highest BCUT2D eigenvalue weighted by atomic mass is 16.2. The smallest absolute Gasteiger partial charge is 0.319 e. The number of benzene rings is 2. The van der Waals surface area contributed by atoms with E-state index in [1.165, 1.54) is 5.56 Å². The Bertz CT molecular complexity index is 633. The molecular weight excluding hydrogens is 260 g/mol. The predicted octanol–water partition coefficient (Wildman–Crippen LogP) is 4.20. The van der Waals surface area contributed by atoms with Crippen LogP contribution >= 0.6 is 0 Å². The van der Waals surface area contributed by atoms with E-state index in [1.54, 1.807) is 0 Å². The Balaban J connectivity index is 1.73. The molecular formula is C18H20N2O. The number of rotatable bonds is 3. The lowest BCUT2D eigenvalue weighted by atomic mass is 9.72. The largest absolute Gasteiger partial charge is 0.328 e. The first-order valence-corrected chi connectivity index (χ1v) is 7.40. The molecule has 2 N–H and O–H groups in total. The van der Waals surface area contributed by atoms with Crippen LogP contribution in [0.5, 0.6) is 0 Å². The van der Waals surface area contributed by atoms with Gasteiger partial charge in [0, 0.05) is 5.69 Å². The predicted molar refractivity (Wildman–Crippen MR) is 85.3 cm³/mol. The minimum Gasteiger partial charge on any atom is -0.328 e. The molecule has 0 radical (unpaired) electrons. The minimum absolute atomic E-state index is 0.132. The molecule has 0 heterocycles. The van der Waals surface area contributed by atoms with E-state index in [0.717, 1.165) is 30.5 Å². The van der Waals surface area contributed by atoms with E-state index < -0.39 is 0 Å². The number of para-hydroxylation sites is 1. The van der Waals surface area contributed by atoms with Gasteiger partial charge in [-0.2, -0.15) is 0 Å². The Hall–Kier alpha value is -2.29. The van der Waals surface area contributed by atoms with E-state index >= 15 is 0 Å². The van der Waals surface area contributed by atoms with Crippen molar-refractivity contribution in [1.82, 2.24) is 5.32 Å². The third kappa shape index (κ3) is 2.77. The highest BCUT2D eigenvalue weighted by Gasteiger charge is 2.39. The quantitative estimate of drug-likeness (QED) is 0.869. The van der Waals surface area contributed by atoms with Crippen LogP contribution in [0.2, 0.25) is 0 Å². The first kappa shape index (κ1) is 13.7. The molecule has 21 heavy (non-hydrogen) atoms. The summed E-state index contributed by atoms with van der Waals surface area (Å²) in [7, 11) is 0. The molecule has 0 unspecified atom stereocenters. The van der Waals surface area contributed by atoms with E-state index in [1.807, 2.05) is 49.4 Å². The van der Waals surface area contributed by atoms with E-state index in [9.17, 15) is 4.79 Å². The van der Waals surface area contributed by atoms with Crippen molar-refractivity contribution in [3.8, 4) is 0 Å². The fourth-order valence-electron chi connectivity index (χ4n) is 2.86. The number of hydrogen-bond acceptors (Lipinski definition) is 1. The van der Waals surface area contributed by atoms with Gasteiger partial charge in [0.15, 0.2) is 0 Å². The zero-order valence-electron chi connectivity index (χ0n) is 12.2. The molecule has 108 valence electrons. The molecule has 3 rings (SSSR count). The SMILES string of the molecule is Cc1ccccc1NC(=O)NC1(c2ccccc2)CCC1. The summed E-state index contributed by atoms with van der Waals surface area (Å²) in [6.45, 7) is 1.99. The van der Waals surface area contributed by atoms with Crippen LogP contribution in [0.4, 0.5) is 10.5 Å². The van der Waals surface area contributed by atoms with Crippen LogP contribution in [0.15, 0.2) is 54.6 Å². The summed E-state index contributed by atoms with van der Waals surface area (Å²) in [5, 5.41) is 6.13. The molecule has 0 bridgehead atoms. The topological polar surface area (TPSA) is 41.1 Å². The maximum absolute atomic E-state index is 12.3. The molecule has 0 saturated heterocycles. The van der Waals surface area contributed by atoms with Crippen LogP contribution in [0.3, 0.4) is 0 Å². The minimum atomic E-state index is -0.200. The average Bonchev–Trinajstić information content (AvgIpc) is 2.46. The summed E-state index contributed by atoms with van der Waals surface area (Å²) in [6, 6.07) is 17.9. The molecule has 2 amide bonds. The van der Waals surface area contributed by atoms with E-state index in [-0.39, 0.29) is 11.6 Å². The summed E-state index contributed by atoms with van der Waals surface area (Å²) < 4.78 is 0. The fraction of sp³-hybridized carbons (Fsp3) is 0.278. The first-order valence-electron chi connectivity index (χ1n) is 7.40. The standard InChI is InChI=1S/C18H20N2O/c1-14-8-5-6-11-16(14)19-17(21)20-18(12-7-13-18)15-9-3-2-4-10-15/h2-6,8-11H,7,12-13H2,1H3,(H2,19,20,21). The Kier molecular flexibility index (Phi) is 3.65. The zero-order chi connectivity index (χ0) is 14.7. The number of aryl methyl sites for hydroxylation is 1. The third-order valence-corrected chi connectivity index (χ3v) is 4.28. The monoisotopic (exact) mass is 280 g/mol. The average molecular weight is 280 g/mol. The number of nitrogens with one attached hydrogen (secondary N) is 2. The molecule has 0 aromatic heterocycles. The van der Waals surface area contributed by atoms with Gasteiger partial charge < -0.3 is 10.6 Å². The summed E-state index contributed by atoms with van der Waals surface area (Å²) in [5.41, 5.74) is 2.91. The normalized spacial score (nSPS) is 15.9. The number of amides is 2. The van der Waals surface area contributed by atoms with Crippen LogP contribution in [0.1, 0.15) is 30.4 Å². The van der Waals surface area contributed by atoms with Gasteiger partial charge in [-0.1, -0.05) is 48.5 Å². The molecule has 2 aromatic rings. The number of urea groups is 1. The van der Waals surface area contributed by atoms with Gasteiger partial charge in [-0.15, -0.1) is 0 Å². The van der Waals surface area contributed by atoms with Crippen molar-refractivity contribution in [1.29, 1.82) is 0 Å². The Morgan fingerprint density at radius 3 is 2.29 bits per heavy atom. The van der Waals surface area contributed by atoms with Crippen LogP contribution in [-0.2, 0) is 5.54 Å². The van der Waals surface area contributed by atoms with Crippen LogP contribution in [-0.4, -0.2) is 6.03 Å². The van der Waals surface area contributed by atoms with E-state index in [4.69, 9.17) is 0 Å². The summed E-state index contributed by atoms with van der Waals surface area (Å²) in [4.78, 5) is 12.3. The number of anilines is 1. The van der Waals surface area contributed by atoms with E-state index in [0.29, 0.717) is 0 Å². The molecule has 0 aliphatic heterocycles. The first-order chi connectivity index (χ1) is 10.2.